The Labute approximate surface area is 109 Å². The summed E-state index contributed by atoms with van der Waals surface area (Å²) in [6.07, 6.45) is 1.58. The van der Waals surface area contributed by atoms with Gasteiger partial charge >= 0.3 is 0 Å². The Bertz CT molecular complexity index is 442. The van der Waals surface area contributed by atoms with Crippen LogP contribution in [-0.4, -0.2) is 28.9 Å². The van der Waals surface area contributed by atoms with Crippen molar-refractivity contribution < 1.29 is 4.79 Å². The largest absolute Gasteiger partial charge is 0.336 e. The molecule has 0 bridgehead atoms. The molecule has 5 heteroatoms. The van der Waals surface area contributed by atoms with Crippen molar-refractivity contribution in [2.24, 2.45) is 5.92 Å². The first-order valence-corrected chi connectivity index (χ1v) is 6.18. The molecule has 1 amide bonds. The fraction of sp³-hybridized carbons (Fsp3) is 0.417. The normalized spacial score (nSPS) is 11.6. The molecule has 0 aliphatic rings. The van der Waals surface area contributed by atoms with Gasteiger partial charge < -0.3 is 4.90 Å². The van der Waals surface area contributed by atoms with Crippen molar-refractivity contribution in [1.29, 1.82) is 5.26 Å². The number of carbonyl (C=O) groups excluding carboxylic acids is 1. The van der Waals surface area contributed by atoms with Crippen LogP contribution in [0.4, 0.5) is 0 Å². The molecule has 0 aliphatic heterocycles. The van der Waals surface area contributed by atoms with E-state index in [-0.39, 0.29) is 11.8 Å². The molecule has 0 radical (unpaired) electrons. The molecule has 0 saturated heterocycles. The number of rotatable bonds is 4. The molecule has 90 valence electrons. The molecule has 0 aliphatic carbocycles. The second-order valence-electron chi connectivity index (χ2n) is 3.71. The molecule has 1 atom stereocenters. The third-order valence-electron chi connectivity index (χ3n) is 2.34. The van der Waals surface area contributed by atoms with Gasteiger partial charge in [0.05, 0.1) is 12.0 Å². The van der Waals surface area contributed by atoms with E-state index in [2.05, 4.69) is 27.0 Å². The minimum Gasteiger partial charge on any atom is -0.336 e. The molecule has 0 fully saturated rings. The highest BCUT2D eigenvalue weighted by molar-refractivity contribution is 9.10. The highest BCUT2D eigenvalue weighted by Crippen LogP contribution is 2.16. The van der Waals surface area contributed by atoms with Crippen LogP contribution in [0.2, 0.25) is 0 Å². The second-order valence-corrected chi connectivity index (χ2v) is 4.56. The van der Waals surface area contributed by atoms with E-state index >= 15 is 0 Å². The maximum Gasteiger partial charge on any atom is 0.273 e. The van der Waals surface area contributed by atoms with Gasteiger partial charge in [-0.25, -0.2) is 4.98 Å². The Hall–Kier alpha value is -1.41. The molecule has 1 unspecified atom stereocenters. The van der Waals surface area contributed by atoms with E-state index in [1.165, 1.54) is 0 Å². The highest BCUT2D eigenvalue weighted by atomic mass is 79.9. The molecule has 1 rings (SSSR count). The van der Waals surface area contributed by atoms with Crippen molar-refractivity contribution in [3.8, 4) is 6.07 Å². The van der Waals surface area contributed by atoms with E-state index in [1.54, 1.807) is 30.2 Å². The van der Waals surface area contributed by atoms with Crippen LogP contribution in [0.3, 0.4) is 0 Å². The summed E-state index contributed by atoms with van der Waals surface area (Å²) in [7, 11) is 0. The summed E-state index contributed by atoms with van der Waals surface area (Å²) in [6.45, 7) is 4.67. The first-order valence-electron chi connectivity index (χ1n) is 5.39. The lowest BCUT2D eigenvalue weighted by atomic mass is 10.2. The lowest BCUT2D eigenvalue weighted by Crippen LogP contribution is -2.35. The van der Waals surface area contributed by atoms with Crippen LogP contribution in [0, 0.1) is 17.2 Å². The van der Waals surface area contributed by atoms with Gasteiger partial charge in [-0.2, -0.15) is 5.26 Å². The van der Waals surface area contributed by atoms with Gasteiger partial charge in [0, 0.05) is 23.8 Å². The molecular weight excluding hydrogens is 282 g/mol. The molecule has 0 aromatic carbocycles. The minimum atomic E-state index is -0.179. The van der Waals surface area contributed by atoms with Gasteiger partial charge in [-0.3, -0.25) is 4.79 Å². The number of hydrogen-bond donors (Lipinski definition) is 0. The number of halogens is 1. The van der Waals surface area contributed by atoms with E-state index in [9.17, 15) is 4.79 Å². The van der Waals surface area contributed by atoms with Crippen LogP contribution in [0.25, 0.3) is 0 Å². The number of pyridine rings is 1. The summed E-state index contributed by atoms with van der Waals surface area (Å²) in [5.41, 5.74) is 0.388. The van der Waals surface area contributed by atoms with Crippen LogP contribution >= 0.6 is 15.9 Å². The average Bonchev–Trinajstić information content (AvgIpc) is 2.35. The number of nitrogens with zero attached hydrogens (tertiary/aromatic N) is 3. The zero-order valence-electron chi connectivity index (χ0n) is 9.85. The van der Waals surface area contributed by atoms with Crippen molar-refractivity contribution in [3.05, 3.63) is 28.5 Å². The van der Waals surface area contributed by atoms with Crippen LogP contribution in [-0.2, 0) is 0 Å². The summed E-state index contributed by atoms with van der Waals surface area (Å²) >= 11 is 3.30. The van der Waals surface area contributed by atoms with Gasteiger partial charge in [-0.15, -0.1) is 0 Å². The van der Waals surface area contributed by atoms with Gasteiger partial charge in [0.2, 0.25) is 0 Å². The topological polar surface area (TPSA) is 57.0 Å². The fourth-order valence-electron chi connectivity index (χ4n) is 1.42. The number of nitriles is 1. The van der Waals surface area contributed by atoms with Gasteiger partial charge in [-0.05, 0) is 41.9 Å². The average molecular weight is 296 g/mol. The van der Waals surface area contributed by atoms with Crippen LogP contribution in [0.1, 0.15) is 24.3 Å². The van der Waals surface area contributed by atoms with Crippen molar-refractivity contribution in [2.45, 2.75) is 13.8 Å². The smallest absolute Gasteiger partial charge is 0.273 e. The maximum absolute atomic E-state index is 12.2. The Morgan fingerprint density at radius 3 is 2.94 bits per heavy atom. The molecule has 1 aromatic heterocycles. The zero-order valence-corrected chi connectivity index (χ0v) is 11.4. The third kappa shape index (κ3) is 3.53. The molecule has 1 heterocycles. The second kappa shape index (κ2) is 6.36. The van der Waals surface area contributed by atoms with Crippen molar-refractivity contribution in [3.63, 3.8) is 0 Å². The highest BCUT2D eigenvalue weighted by Gasteiger charge is 2.19. The summed E-state index contributed by atoms with van der Waals surface area (Å²) in [5, 5.41) is 8.77. The molecule has 1 aromatic rings. The number of amides is 1. The molecule has 4 nitrogen and oxygen atoms in total. The van der Waals surface area contributed by atoms with E-state index in [1.807, 2.05) is 6.92 Å². The lowest BCUT2D eigenvalue weighted by molar-refractivity contribution is 0.0746. The van der Waals surface area contributed by atoms with Crippen molar-refractivity contribution in [2.75, 3.05) is 13.1 Å². The first-order chi connectivity index (χ1) is 8.10. The van der Waals surface area contributed by atoms with Gasteiger partial charge in [0.25, 0.3) is 5.91 Å². The van der Waals surface area contributed by atoms with Gasteiger partial charge in [0.1, 0.15) is 5.69 Å². The fourth-order valence-corrected chi connectivity index (χ4v) is 1.84. The minimum absolute atomic E-state index is 0.151. The van der Waals surface area contributed by atoms with E-state index in [0.717, 1.165) is 0 Å². The maximum atomic E-state index is 12.2. The van der Waals surface area contributed by atoms with Gasteiger partial charge in [-0.1, -0.05) is 0 Å². The van der Waals surface area contributed by atoms with E-state index in [0.29, 0.717) is 23.3 Å². The first kappa shape index (κ1) is 13.7. The monoisotopic (exact) mass is 295 g/mol. The van der Waals surface area contributed by atoms with Crippen LogP contribution in [0.5, 0.6) is 0 Å². The Morgan fingerprint density at radius 1 is 1.71 bits per heavy atom. The quantitative estimate of drug-likeness (QED) is 0.857. The third-order valence-corrected chi connectivity index (χ3v) is 2.98. The Kier molecular flexibility index (Phi) is 5.11. The van der Waals surface area contributed by atoms with Crippen LogP contribution < -0.4 is 0 Å². The number of aromatic nitrogens is 1. The van der Waals surface area contributed by atoms with Crippen molar-refractivity contribution in [1.82, 2.24) is 9.88 Å². The lowest BCUT2D eigenvalue weighted by Gasteiger charge is -2.21. The molecule has 0 spiro atoms. The van der Waals surface area contributed by atoms with E-state index in [4.69, 9.17) is 5.26 Å². The number of hydrogen-bond acceptors (Lipinski definition) is 3. The molecule has 17 heavy (non-hydrogen) atoms. The standard InChI is InChI=1S/C12H14BrN3O/c1-3-16(8-9(2)7-14)12(17)11-10(13)5-4-6-15-11/h4-6,9H,3,8H2,1-2H3. The predicted octanol–water partition coefficient (Wildman–Crippen LogP) is 2.47. The summed E-state index contributed by atoms with van der Waals surface area (Å²) in [4.78, 5) is 17.9. The summed E-state index contributed by atoms with van der Waals surface area (Å²) in [5.74, 6) is -0.330. The molecule has 0 N–H and O–H groups in total. The zero-order chi connectivity index (χ0) is 12.8. The van der Waals surface area contributed by atoms with Gasteiger partial charge in [0.15, 0.2) is 0 Å². The predicted molar refractivity (Wildman–Crippen MR) is 68.3 cm³/mol. The summed E-state index contributed by atoms with van der Waals surface area (Å²) < 4.78 is 0.674. The SMILES string of the molecule is CCN(CC(C)C#N)C(=O)c1ncccc1Br. The van der Waals surface area contributed by atoms with E-state index < -0.39 is 0 Å². The Balaban J connectivity index is 2.88. The molecule has 0 saturated carbocycles. The molecular formula is C12H14BrN3O. The summed E-state index contributed by atoms with van der Waals surface area (Å²) in [6, 6.07) is 5.66. The number of carbonyl (C=O) groups is 1. The van der Waals surface area contributed by atoms with Crippen molar-refractivity contribution >= 4 is 21.8 Å². The Morgan fingerprint density at radius 2 is 2.41 bits per heavy atom. The van der Waals surface area contributed by atoms with Crippen LogP contribution in [0.15, 0.2) is 22.8 Å².